The monoisotopic (exact) mass is 550 g/mol. The maximum Gasteiger partial charge on any atom is 0.410 e. The lowest BCUT2D eigenvalue weighted by Crippen LogP contribution is -2.59. The van der Waals surface area contributed by atoms with Gasteiger partial charge in [-0.15, -0.1) is 0 Å². The first kappa shape index (κ1) is 25.8. The Kier molecular flexibility index (Phi) is 5.60. The fraction of sp³-hybridized carbons (Fsp3) is 0.667. The highest BCUT2D eigenvalue weighted by molar-refractivity contribution is 6.06. The quantitative estimate of drug-likeness (QED) is 0.565. The van der Waals surface area contributed by atoms with E-state index in [1.165, 1.54) is 6.42 Å². The smallest absolute Gasteiger partial charge is 0.410 e. The molecule has 0 radical (unpaired) electrons. The zero-order chi connectivity index (χ0) is 28.1. The van der Waals surface area contributed by atoms with Gasteiger partial charge in [-0.05, 0) is 89.2 Å². The van der Waals surface area contributed by atoms with E-state index in [9.17, 15) is 14.7 Å². The normalized spacial score (nSPS) is 35.7. The first-order valence-corrected chi connectivity index (χ1v) is 14.5. The van der Waals surface area contributed by atoms with Gasteiger partial charge in [0.2, 0.25) is 0 Å². The number of aromatic carboxylic acids is 1. The molecule has 2 aromatic rings. The molecule has 10 nitrogen and oxygen atoms in total. The average Bonchev–Trinajstić information content (AvgIpc) is 3.70. The van der Waals surface area contributed by atoms with Crippen molar-refractivity contribution in [2.75, 3.05) is 31.2 Å². The number of carbonyl (C=O) groups is 2. The number of nitrogens with zero attached hydrogens (tertiary/aromatic N) is 4. The second kappa shape index (κ2) is 8.68. The van der Waals surface area contributed by atoms with Crippen LogP contribution in [-0.4, -0.2) is 81.6 Å². The average molecular weight is 551 g/mol. The highest BCUT2D eigenvalue weighted by atomic mass is 16.6. The third-order valence-electron chi connectivity index (χ3n) is 9.71. The summed E-state index contributed by atoms with van der Waals surface area (Å²) in [4.78, 5) is 38.1. The molecule has 40 heavy (non-hydrogen) atoms. The van der Waals surface area contributed by atoms with Crippen LogP contribution in [0.2, 0.25) is 0 Å². The number of fused-ring (bicyclic) bond motifs is 3. The summed E-state index contributed by atoms with van der Waals surface area (Å²) < 4.78 is 18.0. The minimum absolute atomic E-state index is 0.106. The van der Waals surface area contributed by atoms with Gasteiger partial charge in [0, 0.05) is 30.4 Å². The highest BCUT2D eigenvalue weighted by Gasteiger charge is 2.76. The Bertz CT molecular complexity index is 1370. The highest BCUT2D eigenvalue weighted by Crippen LogP contribution is 2.77. The van der Waals surface area contributed by atoms with E-state index in [1.807, 2.05) is 40.7 Å². The van der Waals surface area contributed by atoms with Crippen LogP contribution in [-0.2, 0) is 9.47 Å². The molecule has 10 heteroatoms. The van der Waals surface area contributed by atoms with Crippen LogP contribution in [0.25, 0.3) is 10.9 Å². The van der Waals surface area contributed by atoms with Gasteiger partial charge >= 0.3 is 18.1 Å². The van der Waals surface area contributed by atoms with Crippen molar-refractivity contribution in [3.63, 3.8) is 0 Å². The van der Waals surface area contributed by atoms with Gasteiger partial charge < -0.3 is 24.2 Å². The number of anilines is 1. The number of carboxylic acid groups (broad SMARTS) is 1. The Balaban J connectivity index is 1.12. The van der Waals surface area contributed by atoms with Crippen LogP contribution >= 0.6 is 0 Å². The van der Waals surface area contributed by atoms with Gasteiger partial charge in [-0.25, -0.2) is 14.6 Å². The van der Waals surface area contributed by atoms with Crippen molar-refractivity contribution in [1.82, 2.24) is 14.9 Å². The number of carbonyl (C=O) groups excluding carboxylic acids is 1. The van der Waals surface area contributed by atoms with Crippen LogP contribution in [0.3, 0.4) is 0 Å². The molecule has 1 N–H and O–H groups in total. The summed E-state index contributed by atoms with van der Waals surface area (Å²) in [6, 6.07) is 3.36. The topological polar surface area (TPSA) is 114 Å². The molecule has 6 aliphatic rings. The summed E-state index contributed by atoms with van der Waals surface area (Å²) in [5.41, 5.74) is 0.479. The van der Waals surface area contributed by atoms with E-state index in [0.29, 0.717) is 42.4 Å². The van der Waals surface area contributed by atoms with Gasteiger partial charge in [-0.3, -0.25) is 4.90 Å². The summed E-state index contributed by atoms with van der Waals surface area (Å²) in [6.07, 6.45) is 3.75. The first-order valence-electron chi connectivity index (χ1n) is 14.5. The summed E-state index contributed by atoms with van der Waals surface area (Å²) in [5, 5.41) is 10.6. The second-order valence-corrected chi connectivity index (χ2v) is 13.6. The Hall–Kier alpha value is -3.14. The minimum atomic E-state index is -1.05. The molecule has 214 valence electrons. The van der Waals surface area contributed by atoms with E-state index in [4.69, 9.17) is 14.2 Å². The van der Waals surface area contributed by atoms with Crippen molar-refractivity contribution in [1.29, 1.82) is 0 Å². The standard InChI is InChI=1S/C30H38N4O6/c1-15-11-33(12-16(2)34(15)28(37)40-29(3,4)5)22-7-6-18(26(35)36)25-21(22)10-31-27(32-25)38-14-30-9-17(13-39-30)24(30)23-19-8-20(19)23/h6-7,10,15-17,19-20,23-24H,8-9,11-14H2,1-5H3,(H,35,36)/t15-,16-,17?,19?,20?,23?,24?,30?/m0/s1. The number of aromatic nitrogens is 2. The molecule has 1 aromatic carbocycles. The number of hydrogen-bond donors (Lipinski definition) is 1. The number of piperazine rings is 1. The van der Waals surface area contributed by atoms with E-state index < -0.39 is 11.6 Å². The van der Waals surface area contributed by atoms with Crippen LogP contribution in [0.5, 0.6) is 6.01 Å². The van der Waals surface area contributed by atoms with Crippen molar-refractivity contribution < 1.29 is 28.9 Å². The molecule has 8 rings (SSSR count). The molecule has 5 unspecified atom stereocenters. The molecule has 3 saturated heterocycles. The molecule has 0 spiro atoms. The van der Waals surface area contributed by atoms with Crippen molar-refractivity contribution in [3.05, 3.63) is 23.9 Å². The Morgan fingerprint density at radius 1 is 1.18 bits per heavy atom. The molecule has 3 aliphatic carbocycles. The van der Waals surface area contributed by atoms with Crippen molar-refractivity contribution in [2.45, 2.75) is 70.7 Å². The van der Waals surface area contributed by atoms with Gasteiger partial charge in [-0.2, -0.15) is 4.98 Å². The second-order valence-electron chi connectivity index (χ2n) is 13.6. The van der Waals surface area contributed by atoms with Gasteiger partial charge in [-0.1, -0.05) is 0 Å². The fourth-order valence-electron chi connectivity index (χ4n) is 7.78. The third-order valence-corrected chi connectivity index (χ3v) is 9.71. The zero-order valence-corrected chi connectivity index (χ0v) is 23.8. The first-order chi connectivity index (χ1) is 19.0. The number of hydrogen-bond acceptors (Lipinski definition) is 8. The zero-order valence-electron chi connectivity index (χ0n) is 23.8. The summed E-state index contributed by atoms with van der Waals surface area (Å²) in [5.74, 6) is 2.83. The lowest BCUT2D eigenvalue weighted by molar-refractivity contribution is -0.0972. The van der Waals surface area contributed by atoms with Crippen LogP contribution in [0.1, 0.15) is 57.8 Å². The van der Waals surface area contributed by atoms with Crippen LogP contribution in [0.4, 0.5) is 10.5 Å². The van der Waals surface area contributed by atoms with Gasteiger partial charge in [0.05, 0.1) is 29.8 Å². The Labute approximate surface area is 234 Å². The van der Waals surface area contributed by atoms with Gasteiger partial charge in [0.1, 0.15) is 17.8 Å². The predicted molar refractivity (Wildman–Crippen MR) is 147 cm³/mol. The van der Waals surface area contributed by atoms with E-state index in [2.05, 4.69) is 14.9 Å². The summed E-state index contributed by atoms with van der Waals surface area (Å²) in [6.45, 7) is 11.9. The molecular weight excluding hydrogens is 512 g/mol. The SMILES string of the molecule is C[C@H]1CN(c2ccc(C(=O)O)c3nc(OCC45CC(CO4)C5C4C5CC54)ncc23)C[C@H](C)N1C(=O)OC(C)(C)C. The van der Waals surface area contributed by atoms with Crippen LogP contribution < -0.4 is 9.64 Å². The maximum atomic E-state index is 12.9. The molecule has 6 fully saturated rings. The van der Waals surface area contributed by atoms with Crippen molar-refractivity contribution >= 4 is 28.7 Å². The molecule has 1 amide bonds. The van der Waals surface area contributed by atoms with E-state index in [1.54, 1.807) is 17.2 Å². The van der Waals surface area contributed by atoms with Crippen LogP contribution in [0, 0.1) is 29.6 Å². The van der Waals surface area contributed by atoms with E-state index in [0.717, 1.165) is 36.5 Å². The number of ether oxygens (including phenoxy) is 3. The molecule has 1 aromatic heterocycles. The molecule has 3 saturated carbocycles. The molecule has 3 aliphatic heterocycles. The van der Waals surface area contributed by atoms with E-state index >= 15 is 0 Å². The fourth-order valence-corrected chi connectivity index (χ4v) is 7.78. The lowest BCUT2D eigenvalue weighted by Gasteiger charge is -2.46. The van der Waals surface area contributed by atoms with Crippen LogP contribution in [0.15, 0.2) is 18.3 Å². The largest absolute Gasteiger partial charge is 0.478 e. The molecule has 2 bridgehead atoms. The number of benzene rings is 1. The number of carboxylic acids is 1. The number of rotatable bonds is 6. The number of amides is 1. The van der Waals surface area contributed by atoms with Crippen molar-refractivity contribution in [3.8, 4) is 6.01 Å². The molecule has 7 atom stereocenters. The minimum Gasteiger partial charge on any atom is -0.478 e. The lowest BCUT2D eigenvalue weighted by atomic mass is 9.60. The Morgan fingerprint density at radius 2 is 1.90 bits per heavy atom. The third kappa shape index (κ3) is 4.09. The summed E-state index contributed by atoms with van der Waals surface area (Å²) in [7, 11) is 0. The summed E-state index contributed by atoms with van der Waals surface area (Å²) >= 11 is 0. The van der Waals surface area contributed by atoms with Gasteiger partial charge in [0.15, 0.2) is 0 Å². The van der Waals surface area contributed by atoms with E-state index in [-0.39, 0.29) is 35.4 Å². The predicted octanol–water partition coefficient (Wildman–Crippen LogP) is 4.21. The Morgan fingerprint density at radius 3 is 2.50 bits per heavy atom. The van der Waals surface area contributed by atoms with Crippen molar-refractivity contribution in [2.24, 2.45) is 29.6 Å². The maximum absolute atomic E-state index is 12.9. The van der Waals surface area contributed by atoms with Gasteiger partial charge in [0.25, 0.3) is 0 Å². The molecular formula is C30H38N4O6. The molecule has 4 heterocycles.